The molecule has 0 rings (SSSR count). The van der Waals surface area contributed by atoms with E-state index in [2.05, 4.69) is 4.74 Å². The minimum absolute atomic E-state index is 0.197. The number of aldehydes is 1. The Labute approximate surface area is 145 Å². The van der Waals surface area contributed by atoms with E-state index in [9.17, 15) is 44.7 Å². The van der Waals surface area contributed by atoms with Crippen molar-refractivity contribution in [2.45, 2.75) is 55.8 Å². The van der Waals surface area contributed by atoms with Crippen LogP contribution in [0.1, 0.15) is 6.92 Å². The summed E-state index contributed by atoms with van der Waals surface area (Å²) in [6.45, 7) is 0.759. The summed E-state index contributed by atoms with van der Waals surface area (Å²) in [5.41, 5.74) is 0. The maximum absolute atomic E-state index is 11.7. The number of Topliss-reactive ketones (excluding diaryl/α,β-unsaturated/α-hetero) is 1. The van der Waals surface area contributed by atoms with E-state index in [0.717, 1.165) is 6.92 Å². The first-order chi connectivity index (χ1) is 11.9. The van der Waals surface area contributed by atoms with Gasteiger partial charge in [0.15, 0.2) is 30.4 Å². The number of aliphatic carboxylic acids is 1. The Balaban J connectivity index is 5.21. The molecule has 0 saturated heterocycles. The minimum Gasteiger partial charge on any atom is -0.479 e. The minimum atomic E-state index is -2.59. The summed E-state index contributed by atoms with van der Waals surface area (Å²) in [7, 11) is 0. The van der Waals surface area contributed by atoms with Crippen molar-refractivity contribution in [2.75, 3.05) is 0 Å². The van der Waals surface area contributed by atoms with Crippen LogP contribution in [0.4, 0.5) is 0 Å². The number of aliphatic hydroxyl groups is 7. The van der Waals surface area contributed by atoms with Crippen LogP contribution < -0.4 is 0 Å². The lowest BCUT2D eigenvalue weighted by Gasteiger charge is -2.28. The fraction of sp³-hybridized carbons (Fsp3) is 0.692. The van der Waals surface area contributed by atoms with Gasteiger partial charge < -0.3 is 50.4 Å². The van der Waals surface area contributed by atoms with E-state index < -0.39 is 66.6 Å². The van der Waals surface area contributed by atoms with Crippen LogP contribution in [-0.4, -0.2) is 114 Å². The van der Waals surface area contributed by atoms with Crippen molar-refractivity contribution in [3.8, 4) is 0 Å². The van der Waals surface area contributed by atoms with Crippen LogP contribution in [0.3, 0.4) is 0 Å². The van der Waals surface area contributed by atoms with Crippen LogP contribution in [0.25, 0.3) is 0 Å². The Morgan fingerprint density at radius 3 is 1.65 bits per heavy atom. The number of carbonyl (C=O) groups is 4. The molecule has 0 amide bonds. The van der Waals surface area contributed by atoms with Gasteiger partial charge in [-0.05, 0) is 6.92 Å². The molecule has 0 aliphatic rings. The first kappa shape index (κ1) is 24.0. The van der Waals surface area contributed by atoms with Gasteiger partial charge in [0.1, 0.15) is 30.5 Å². The van der Waals surface area contributed by atoms with Crippen LogP contribution in [-0.2, 0) is 23.9 Å². The molecule has 0 spiro atoms. The molecule has 0 aromatic heterocycles. The Kier molecular flexibility index (Phi) is 9.44. The van der Waals surface area contributed by atoms with Gasteiger partial charge in [-0.3, -0.25) is 4.79 Å². The van der Waals surface area contributed by atoms with Crippen molar-refractivity contribution < 1.29 is 64.8 Å². The summed E-state index contributed by atoms with van der Waals surface area (Å²) >= 11 is 0. The molecule has 0 radical (unpaired) electrons. The van der Waals surface area contributed by atoms with Crippen molar-refractivity contribution in [3.05, 3.63) is 0 Å². The number of esters is 1. The number of ketones is 1. The smallest absolute Gasteiger partial charge is 0.338 e. The van der Waals surface area contributed by atoms with Gasteiger partial charge in [-0.25, -0.2) is 9.59 Å². The van der Waals surface area contributed by atoms with Crippen molar-refractivity contribution in [1.29, 1.82) is 0 Å². The first-order valence-corrected chi connectivity index (χ1v) is 7.02. The van der Waals surface area contributed by atoms with E-state index in [4.69, 9.17) is 15.3 Å². The number of carboxylic acid groups (broad SMARTS) is 1. The Morgan fingerprint density at radius 2 is 1.27 bits per heavy atom. The van der Waals surface area contributed by atoms with Crippen LogP contribution in [0.2, 0.25) is 0 Å². The van der Waals surface area contributed by atoms with E-state index >= 15 is 0 Å². The Bertz CT molecular complexity index is 520. The molecule has 0 saturated carbocycles. The van der Waals surface area contributed by atoms with Gasteiger partial charge in [-0.2, -0.15) is 0 Å². The second kappa shape index (κ2) is 10.2. The second-order valence-electron chi connectivity index (χ2n) is 5.29. The lowest BCUT2D eigenvalue weighted by molar-refractivity contribution is -0.189. The SMILES string of the molecule is CC(=O)[C@H](OC(=O)[C@@H](O)[C@@H](O)[C@H](O)[C@@H](O)C=O)[C@@H](O)[C@H](O)[C@H](O)C(=O)O. The lowest BCUT2D eigenvalue weighted by atomic mass is 10.00. The highest BCUT2D eigenvalue weighted by Crippen LogP contribution is 2.13. The van der Waals surface area contributed by atoms with E-state index in [1.54, 1.807) is 0 Å². The van der Waals surface area contributed by atoms with E-state index in [0.29, 0.717) is 0 Å². The van der Waals surface area contributed by atoms with Gasteiger partial charge in [0.25, 0.3) is 0 Å². The predicted octanol–water partition coefficient (Wildman–Crippen LogP) is -5.70. The summed E-state index contributed by atoms with van der Waals surface area (Å²) in [4.78, 5) is 44.0. The average Bonchev–Trinajstić information content (AvgIpc) is 2.60. The first-order valence-electron chi connectivity index (χ1n) is 7.02. The number of hydrogen-bond acceptors (Lipinski definition) is 12. The number of aliphatic hydroxyl groups excluding tert-OH is 7. The standard InChI is InChI=1S/C13H20O13/c1-3(15)11(8(20)7(19)9(21)12(23)24)26-13(25)10(22)6(18)5(17)4(16)2-14/h2,4-11,16-22H,1H3,(H,23,24)/t4-,5+,6-,7-,8-,9-,10-,11-/m0/s1. The van der Waals surface area contributed by atoms with Crippen LogP contribution in [0.15, 0.2) is 0 Å². The second-order valence-corrected chi connectivity index (χ2v) is 5.29. The van der Waals surface area contributed by atoms with E-state index in [-0.39, 0.29) is 6.29 Å². The fourth-order valence-corrected chi connectivity index (χ4v) is 1.71. The van der Waals surface area contributed by atoms with Crippen molar-refractivity contribution in [2.24, 2.45) is 0 Å². The molecule has 0 aromatic rings. The molecule has 150 valence electrons. The summed E-state index contributed by atoms with van der Waals surface area (Å²) in [5, 5.41) is 74.2. The highest BCUT2D eigenvalue weighted by molar-refractivity contribution is 5.85. The molecule has 0 bridgehead atoms. The summed E-state index contributed by atoms with van der Waals surface area (Å²) in [6.07, 6.45) is -19.3. The molecule has 0 unspecified atom stereocenters. The number of rotatable bonds is 11. The normalized spacial score (nSPS) is 20.6. The number of carbonyl (C=O) groups excluding carboxylic acids is 3. The lowest BCUT2D eigenvalue weighted by Crippen LogP contribution is -2.53. The van der Waals surface area contributed by atoms with Gasteiger partial charge in [0.05, 0.1) is 0 Å². The summed E-state index contributed by atoms with van der Waals surface area (Å²) in [5.74, 6) is -4.89. The average molecular weight is 384 g/mol. The van der Waals surface area contributed by atoms with Crippen LogP contribution in [0.5, 0.6) is 0 Å². The third-order valence-electron chi connectivity index (χ3n) is 3.28. The van der Waals surface area contributed by atoms with Crippen LogP contribution in [0, 0.1) is 0 Å². The molecule has 8 atom stereocenters. The third kappa shape index (κ3) is 6.06. The molecule has 0 aliphatic carbocycles. The highest BCUT2D eigenvalue weighted by atomic mass is 16.6. The van der Waals surface area contributed by atoms with Crippen molar-refractivity contribution in [3.63, 3.8) is 0 Å². The number of ether oxygens (including phenoxy) is 1. The van der Waals surface area contributed by atoms with Crippen LogP contribution >= 0.6 is 0 Å². The van der Waals surface area contributed by atoms with Gasteiger partial charge in [0.2, 0.25) is 0 Å². The molecular weight excluding hydrogens is 364 g/mol. The van der Waals surface area contributed by atoms with Crippen molar-refractivity contribution in [1.82, 2.24) is 0 Å². The number of carboxylic acids is 1. The Morgan fingerprint density at radius 1 is 0.808 bits per heavy atom. The number of hydrogen-bond donors (Lipinski definition) is 8. The molecule has 13 nitrogen and oxygen atoms in total. The molecule has 0 fully saturated rings. The van der Waals surface area contributed by atoms with Gasteiger partial charge in [-0.1, -0.05) is 0 Å². The molecule has 13 heteroatoms. The molecule has 0 heterocycles. The van der Waals surface area contributed by atoms with Crippen molar-refractivity contribution >= 4 is 24.0 Å². The molecule has 26 heavy (non-hydrogen) atoms. The molecular formula is C13H20O13. The predicted molar refractivity (Wildman–Crippen MR) is 76.3 cm³/mol. The van der Waals surface area contributed by atoms with E-state index in [1.165, 1.54) is 0 Å². The topological polar surface area (TPSA) is 239 Å². The quantitative estimate of drug-likeness (QED) is 0.122. The zero-order valence-electron chi connectivity index (χ0n) is 13.3. The van der Waals surface area contributed by atoms with Gasteiger partial charge in [-0.15, -0.1) is 0 Å². The monoisotopic (exact) mass is 384 g/mol. The highest BCUT2D eigenvalue weighted by Gasteiger charge is 2.42. The zero-order valence-corrected chi connectivity index (χ0v) is 13.3. The summed E-state index contributed by atoms with van der Waals surface area (Å²) in [6, 6.07) is 0. The largest absolute Gasteiger partial charge is 0.479 e. The molecule has 8 N–H and O–H groups in total. The maximum atomic E-state index is 11.7. The van der Waals surface area contributed by atoms with Gasteiger partial charge in [0, 0.05) is 0 Å². The van der Waals surface area contributed by atoms with Gasteiger partial charge >= 0.3 is 11.9 Å². The molecule has 0 aliphatic heterocycles. The molecule has 0 aromatic carbocycles. The zero-order chi connectivity index (χ0) is 20.8. The maximum Gasteiger partial charge on any atom is 0.338 e. The van der Waals surface area contributed by atoms with E-state index in [1.807, 2.05) is 0 Å². The Hall–Kier alpha value is -2.00. The fourth-order valence-electron chi connectivity index (χ4n) is 1.71. The third-order valence-corrected chi connectivity index (χ3v) is 3.28. The summed E-state index contributed by atoms with van der Waals surface area (Å²) < 4.78 is 4.38.